The lowest BCUT2D eigenvalue weighted by molar-refractivity contribution is 0.475. The highest BCUT2D eigenvalue weighted by Gasteiger charge is 2.07. The van der Waals surface area contributed by atoms with Crippen LogP contribution in [0.15, 0.2) is 56.7 Å². The number of benzene rings is 2. The molecular formula is C13H8BrNOS. The topological polar surface area (TPSA) is 44.0 Å². The van der Waals surface area contributed by atoms with E-state index in [2.05, 4.69) is 22.0 Å². The smallest absolute Gasteiger partial charge is 0.115 e. The largest absolute Gasteiger partial charge is 0.508 e. The van der Waals surface area contributed by atoms with E-state index in [4.69, 9.17) is 5.26 Å². The van der Waals surface area contributed by atoms with Crippen LogP contribution in [0.3, 0.4) is 0 Å². The third-order valence-electron chi connectivity index (χ3n) is 2.15. The summed E-state index contributed by atoms with van der Waals surface area (Å²) >= 11 is 4.85. The summed E-state index contributed by atoms with van der Waals surface area (Å²) < 4.78 is 0.795. The van der Waals surface area contributed by atoms with E-state index < -0.39 is 0 Å². The highest BCUT2D eigenvalue weighted by atomic mass is 79.9. The molecule has 0 atom stereocenters. The molecular weight excluding hydrogens is 298 g/mol. The molecule has 0 amide bonds. The van der Waals surface area contributed by atoms with Gasteiger partial charge in [-0.25, -0.2) is 0 Å². The van der Waals surface area contributed by atoms with Crippen molar-refractivity contribution in [1.82, 2.24) is 0 Å². The number of halogens is 1. The number of nitriles is 1. The quantitative estimate of drug-likeness (QED) is 0.905. The van der Waals surface area contributed by atoms with Crippen LogP contribution in [0.5, 0.6) is 5.75 Å². The van der Waals surface area contributed by atoms with Crippen LogP contribution in [0.25, 0.3) is 0 Å². The molecule has 4 heteroatoms. The summed E-state index contributed by atoms with van der Waals surface area (Å²) in [6.07, 6.45) is 0. The summed E-state index contributed by atoms with van der Waals surface area (Å²) in [5.74, 6) is 0.240. The van der Waals surface area contributed by atoms with Crippen LogP contribution >= 0.6 is 27.7 Å². The Morgan fingerprint density at radius 1 is 1.12 bits per heavy atom. The van der Waals surface area contributed by atoms with Crippen molar-refractivity contribution < 1.29 is 5.11 Å². The lowest BCUT2D eigenvalue weighted by atomic mass is 10.2. The minimum Gasteiger partial charge on any atom is -0.508 e. The van der Waals surface area contributed by atoms with Crippen molar-refractivity contribution in [1.29, 1.82) is 5.26 Å². The van der Waals surface area contributed by atoms with Crippen LogP contribution in [0.4, 0.5) is 0 Å². The molecule has 0 aliphatic carbocycles. The number of rotatable bonds is 2. The van der Waals surface area contributed by atoms with Gasteiger partial charge in [-0.1, -0.05) is 17.8 Å². The Morgan fingerprint density at radius 2 is 1.82 bits per heavy atom. The molecule has 0 saturated carbocycles. The first-order chi connectivity index (χ1) is 8.20. The van der Waals surface area contributed by atoms with Crippen molar-refractivity contribution >= 4 is 27.7 Å². The predicted octanol–water partition coefficient (Wildman–Crippen LogP) is 4.18. The summed E-state index contributed by atoms with van der Waals surface area (Å²) in [5.41, 5.74) is 0.630. The second-order valence-corrected chi connectivity index (χ2v) is 5.29. The predicted molar refractivity (Wildman–Crippen MR) is 71.1 cm³/mol. The van der Waals surface area contributed by atoms with Crippen molar-refractivity contribution in [3.63, 3.8) is 0 Å². The Balaban J connectivity index is 2.34. The number of phenolic OH excluding ortho intramolecular Hbond substituents is 1. The summed E-state index contributed by atoms with van der Waals surface area (Å²) in [5, 5.41) is 18.3. The lowest BCUT2D eigenvalue weighted by Gasteiger charge is -2.05. The van der Waals surface area contributed by atoms with Crippen LogP contribution in [0.2, 0.25) is 0 Å². The van der Waals surface area contributed by atoms with E-state index in [9.17, 15) is 5.11 Å². The minimum atomic E-state index is 0.240. The molecule has 2 aromatic rings. The number of hydrogen-bond donors (Lipinski definition) is 1. The molecule has 0 aromatic heterocycles. The Hall–Kier alpha value is -1.44. The van der Waals surface area contributed by atoms with Crippen molar-refractivity contribution in [2.45, 2.75) is 9.79 Å². The standard InChI is InChI=1S/C13H8BrNOS/c14-12-2-1-3-13(11(12)8-15)17-10-6-4-9(16)5-7-10/h1-7,16H. The van der Waals surface area contributed by atoms with Crippen molar-refractivity contribution in [2.75, 3.05) is 0 Å². The van der Waals surface area contributed by atoms with Crippen molar-refractivity contribution in [2.24, 2.45) is 0 Å². The van der Waals surface area contributed by atoms with Gasteiger partial charge in [0, 0.05) is 14.3 Å². The lowest BCUT2D eigenvalue weighted by Crippen LogP contribution is -1.82. The molecule has 0 unspecified atom stereocenters. The van der Waals surface area contributed by atoms with Crippen molar-refractivity contribution in [3.8, 4) is 11.8 Å². The fourth-order valence-corrected chi connectivity index (χ4v) is 2.86. The first-order valence-electron chi connectivity index (χ1n) is 4.86. The van der Waals surface area contributed by atoms with Gasteiger partial charge in [0.2, 0.25) is 0 Å². The minimum absolute atomic E-state index is 0.240. The Labute approximate surface area is 112 Å². The van der Waals surface area contributed by atoms with Crippen LogP contribution in [0.1, 0.15) is 5.56 Å². The zero-order valence-electron chi connectivity index (χ0n) is 8.72. The third kappa shape index (κ3) is 2.82. The average Bonchev–Trinajstić information content (AvgIpc) is 2.32. The molecule has 0 aliphatic heterocycles. The second kappa shape index (κ2) is 5.26. The number of aromatic hydroxyl groups is 1. The van der Waals surface area contributed by atoms with Crippen LogP contribution in [-0.4, -0.2) is 5.11 Å². The fourth-order valence-electron chi connectivity index (χ4n) is 1.34. The average molecular weight is 306 g/mol. The first-order valence-corrected chi connectivity index (χ1v) is 6.47. The van der Waals surface area contributed by atoms with E-state index in [1.165, 1.54) is 11.8 Å². The molecule has 17 heavy (non-hydrogen) atoms. The zero-order valence-corrected chi connectivity index (χ0v) is 11.1. The van der Waals surface area contributed by atoms with Gasteiger partial charge in [-0.2, -0.15) is 5.26 Å². The third-order valence-corrected chi connectivity index (χ3v) is 3.88. The number of phenols is 1. The Bertz CT molecular complexity index is 575. The summed E-state index contributed by atoms with van der Waals surface area (Å²) in [6, 6.07) is 14.7. The summed E-state index contributed by atoms with van der Waals surface area (Å²) in [4.78, 5) is 1.88. The van der Waals surface area contributed by atoms with E-state index in [-0.39, 0.29) is 5.75 Å². The van der Waals surface area contributed by atoms with Gasteiger partial charge >= 0.3 is 0 Å². The van der Waals surface area contributed by atoms with Gasteiger partial charge in [-0.3, -0.25) is 0 Å². The molecule has 0 radical (unpaired) electrons. The van der Waals surface area contributed by atoms with Gasteiger partial charge in [-0.05, 0) is 52.3 Å². The highest BCUT2D eigenvalue weighted by Crippen LogP contribution is 2.33. The van der Waals surface area contributed by atoms with Gasteiger partial charge in [0.05, 0.1) is 5.56 Å². The number of nitrogens with zero attached hydrogens (tertiary/aromatic N) is 1. The van der Waals surface area contributed by atoms with Crippen LogP contribution in [0, 0.1) is 11.3 Å². The monoisotopic (exact) mass is 305 g/mol. The number of hydrogen-bond acceptors (Lipinski definition) is 3. The van der Waals surface area contributed by atoms with E-state index in [1.54, 1.807) is 12.1 Å². The molecule has 1 N–H and O–H groups in total. The van der Waals surface area contributed by atoms with Gasteiger partial charge in [-0.15, -0.1) is 0 Å². The summed E-state index contributed by atoms with van der Waals surface area (Å²) in [6.45, 7) is 0. The second-order valence-electron chi connectivity index (χ2n) is 3.32. The van der Waals surface area contributed by atoms with E-state index in [1.807, 2.05) is 30.3 Å². The maximum absolute atomic E-state index is 9.20. The highest BCUT2D eigenvalue weighted by molar-refractivity contribution is 9.10. The normalized spacial score (nSPS) is 9.88. The molecule has 0 fully saturated rings. The molecule has 84 valence electrons. The molecule has 0 spiro atoms. The maximum Gasteiger partial charge on any atom is 0.115 e. The zero-order chi connectivity index (χ0) is 12.3. The van der Waals surface area contributed by atoms with Crippen molar-refractivity contribution in [3.05, 3.63) is 52.5 Å². The molecule has 2 aromatic carbocycles. The Kier molecular flexibility index (Phi) is 3.72. The van der Waals surface area contributed by atoms with Gasteiger partial charge in [0.1, 0.15) is 11.8 Å². The Morgan fingerprint density at radius 3 is 2.47 bits per heavy atom. The molecule has 0 aliphatic rings. The fraction of sp³-hybridized carbons (Fsp3) is 0. The molecule has 0 heterocycles. The molecule has 2 rings (SSSR count). The van der Waals surface area contributed by atoms with E-state index in [0.717, 1.165) is 14.3 Å². The van der Waals surface area contributed by atoms with Crippen LogP contribution < -0.4 is 0 Å². The summed E-state index contributed by atoms with van der Waals surface area (Å²) in [7, 11) is 0. The molecule has 0 bridgehead atoms. The SMILES string of the molecule is N#Cc1c(Br)cccc1Sc1ccc(O)cc1. The van der Waals surface area contributed by atoms with Crippen LogP contribution in [-0.2, 0) is 0 Å². The van der Waals surface area contributed by atoms with E-state index >= 15 is 0 Å². The molecule has 0 saturated heterocycles. The molecule has 2 nitrogen and oxygen atoms in total. The van der Waals surface area contributed by atoms with E-state index in [0.29, 0.717) is 5.56 Å². The van der Waals surface area contributed by atoms with Gasteiger partial charge in [0.15, 0.2) is 0 Å². The van der Waals surface area contributed by atoms with Gasteiger partial charge < -0.3 is 5.11 Å². The first kappa shape index (κ1) is 12.0. The maximum atomic E-state index is 9.20. The van der Waals surface area contributed by atoms with Gasteiger partial charge in [0.25, 0.3) is 0 Å².